The van der Waals surface area contributed by atoms with Crippen LogP contribution in [0.2, 0.25) is 0 Å². The summed E-state index contributed by atoms with van der Waals surface area (Å²) in [6.07, 6.45) is 0.657. The van der Waals surface area contributed by atoms with Crippen LogP contribution < -0.4 is 10.6 Å². The summed E-state index contributed by atoms with van der Waals surface area (Å²) < 4.78 is 22.4. The minimum atomic E-state index is -0.569. The second kappa shape index (κ2) is 6.69. The molecule has 0 aliphatic carbocycles. The Morgan fingerprint density at radius 2 is 2.04 bits per heavy atom. The number of nitrogen functional groups attached to an aromatic ring is 1. The van der Waals surface area contributed by atoms with Crippen molar-refractivity contribution in [2.45, 2.75) is 39.4 Å². The van der Waals surface area contributed by atoms with E-state index in [1.54, 1.807) is 6.92 Å². The molecule has 1 fully saturated rings. The van der Waals surface area contributed by atoms with Crippen LogP contribution in [-0.4, -0.2) is 49.5 Å². The summed E-state index contributed by atoms with van der Waals surface area (Å²) in [6.45, 7) is 9.30. The number of esters is 1. The molecule has 0 amide bonds. The van der Waals surface area contributed by atoms with E-state index in [2.05, 4.69) is 4.90 Å². The Morgan fingerprint density at radius 3 is 2.74 bits per heavy atom. The van der Waals surface area contributed by atoms with E-state index in [1.807, 2.05) is 13.8 Å². The molecule has 146 valence electrons. The summed E-state index contributed by atoms with van der Waals surface area (Å²) >= 11 is 0. The second-order valence-corrected chi connectivity index (χ2v) is 7.46. The number of carbonyl (C=O) groups excluding carboxylic acids is 1. The third-order valence-corrected chi connectivity index (χ3v) is 5.05. The fourth-order valence-electron chi connectivity index (χ4n) is 3.73. The summed E-state index contributed by atoms with van der Waals surface area (Å²) in [5.74, 6) is 0.270. The molecule has 2 aromatic rings. The SMILES string of the molecule is CCOC(=O)c1oc2nc(N3CCOCC3)c3c(c2c1N)CC(C)(C)OC3. The zero-order chi connectivity index (χ0) is 19.2. The summed E-state index contributed by atoms with van der Waals surface area (Å²) in [4.78, 5) is 19.1. The number of ether oxygens (including phenoxy) is 3. The van der Waals surface area contributed by atoms with E-state index in [0.29, 0.717) is 43.0 Å². The van der Waals surface area contributed by atoms with Crippen LogP contribution in [0.15, 0.2) is 4.42 Å². The number of furan rings is 1. The number of hydrogen-bond donors (Lipinski definition) is 1. The molecule has 0 atom stereocenters. The highest BCUT2D eigenvalue weighted by molar-refractivity contribution is 6.04. The standard InChI is InChI=1S/C19H25N3O5/c1-4-25-18(23)15-14(20)13-11-9-19(2,3)26-10-12(11)16(21-17(13)27-15)22-5-7-24-8-6-22/h4-10,20H2,1-3H3. The van der Waals surface area contributed by atoms with Gasteiger partial charge in [0.05, 0.1) is 43.1 Å². The van der Waals surface area contributed by atoms with Crippen molar-refractivity contribution in [1.82, 2.24) is 4.98 Å². The van der Waals surface area contributed by atoms with Crippen LogP contribution >= 0.6 is 0 Å². The molecule has 8 heteroatoms. The first-order chi connectivity index (χ1) is 12.9. The zero-order valence-corrected chi connectivity index (χ0v) is 16.0. The van der Waals surface area contributed by atoms with E-state index in [9.17, 15) is 4.79 Å². The maximum absolute atomic E-state index is 12.2. The Balaban J connectivity index is 1.91. The first-order valence-corrected chi connectivity index (χ1v) is 9.29. The zero-order valence-electron chi connectivity index (χ0n) is 16.0. The van der Waals surface area contributed by atoms with Gasteiger partial charge in [-0.05, 0) is 26.3 Å². The lowest BCUT2D eigenvalue weighted by Gasteiger charge is -2.36. The number of hydrogen-bond acceptors (Lipinski definition) is 8. The topological polar surface area (TPSA) is 100 Å². The van der Waals surface area contributed by atoms with Gasteiger partial charge >= 0.3 is 5.97 Å². The van der Waals surface area contributed by atoms with Gasteiger partial charge in [-0.25, -0.2) is 4.79 Å². The smallest absolute Gasteiger partial charge is 0.376 e. The highest BCUT2D eigenvalue weighted by Crippen LogP contribution is 2.41. The number of pyridine rings is 1. The molecule has 2 N–H and O–H groups in total. The van der Waals surface area contributed by atoms with Gasteiger partial charge in [-0.15, -0.1) is 0 Å². The Hall–Kier alpha value is -2.32. The van der Waals surface area contributed by atoms with E-state index >= 15 is 0 Å². The van der Waals surface area contributed by atoms with Crippen LogP contribution in [0.5, 0.6) is 0 Å². The summed E-state index contributed by atoms with van der Waals surface area (Å²) in [7, 11) is 0. The number of nitrogens with two attached hydrogens (primary N) is 1. The van der Waals surface area contributed by atoms with E-state index in [-0.39, 0.29) is 18.0 Å². The van der Waals surface area contributed by atoms with Crippen LogP contribution in [0.3, 0.4) is 0 Å². The fraction of sp³-hybridized carbons (Fsp3) is 0.579. The number of nitrogens with zero attached hydrogens (tertiary/aromatic N) is 2. The van der Waals surface area contributed by atoms with Crippen molar-refractivity contribution < 1.29 is 23.4 Å². The normalized spacial score (nSPS) is 19.1. The maximum atomic E-state index is 12.2. The number of fused-ring (bicyclic) bond motifs is 3. The van der Waals surface area contributed by atoms with Crippen molar-refractivity contribution in [3.63, 3.8) is 0 Å². The highest BCUT2D eigenvalue weighted by Gasteiger charge is 2.34. The summed E-state index contributed by atoms with van der Waals surface area (Å²) in [6, 6.07) is 0. The van der Waals surface area contributed by atoms with Crippen molar-refractivity contribution in [2.24, 2.45) is 0 Å². The molecule has 0 radical (unpaired) electrons. The molecule has 1 saturated heterocycles. The fourth-order valence-corrected chi connectivity index (χ4v) is 3.73. The molecule has 0 spiro atoms. The molecule has 4 heterocycles. The second-order valence-electron chi connectivity index (χ2n) is 7.46. The molecular weight excluding hydrogens is 350 g/mol. The quantitative estimate of drug-likeness (QED) is 0.816. The monoisotopic (exact) mass is 375 g/mol. The maximum Gasteiger partial charge on any atom is 0.376 e. The van der Waals surface area contributed by atoms with Gasteiger partial charge in [0.1, 0.15) is 5.82 Å². The number of aromatic nitrogens is 1. The Labute approximate surface area is 157 Å². The Morgan fingerprint density at radius 1 is 1.30 bits per heavy atom. The average molecular weight is 375 g/mol. The Bertz CT molecular complexity index is 883. The molecule has 0 aromatic carbocycles. The molecule has 2 aromatic heterocycles. The van der Waals surface area contributed by atoms with Crippen LogP contribution in [-0.2, 0) is 27.2 Å². The van der Waals surface area contributed by atoms with E-state index in [1.165, 1.54) is 0 Å². The lowest BCUT2D eigenvalue weighted by atomic mass is 9.89. The molecular formula is C19H25N3O5. The number of carbonyl (C=O) groups is 1. The van der Waals surface area contributed by atoms with E-state index in [4.69, 9.17) is 29.3 Å². The largest absolute Gasteiger partial charge is 0.460 e. The van der Waals surface area contributed by atoms with Crippen LogP contribution in [0.4, 0.5) is 11.5 Å². The van der Waals surface area contributed by atoms with Crippen molar-refractivity contribution in [1.29, 1.82) is 0 Å². The molecule has 0 saturated carbocycles. The molecule has 2 aliphatic rings. The van der Waals surface area contributed by atoms with Gasteiger partial charge in [-0.2, -0.15) is 4.98 Å². The molecule has 0 bridgehead atoms. The van der Waals surface area contributed by atoms with Gasteiger partial charge in [0.2, 0.25) is 11.5 Å². The van der Waals surface area contributed by atoms with Crippen molar-refractivity contribution in [2.75, 3.05) is 43.5 Å². The lowest BCUT2D eigenvalue weighted by Crippen LogP contribution is -2.39. The van der Waals surface area contributed by atoms with Crippen molar-refractivity contribution in [3.05, 3.63) is 16.9 Å². The van der Waals surface area contributed by atoms with Crippen LogP contribution in [0.1, 0.15) is 42.5 Å². The van der Waals surface area contributed by atoms with Crippen LogP contribution in [0, 0.1) is 0 Å². The number of morpholine rings is 1. The molecule has 8 nitrogen and oxygen atoms in total. The van der Waals surface area contributed by atoms with E-state index < -0.39 is 5.97 Å². The number of rotatable bonds is 3. The van der Waals surface area contributed by atoms with Crippen molar-refractivity contribution >= 4 is 28.6 Å². The van der Waals surface area contributed by atoms with Gasteiger partial charge in [-0.3, -0.25) is 0 Å². The Kier molecular flexibility index (Phi) is 4.47. The lowest BCUT2D eigenvalue weighted by molar-refractivity contribution is -0.0396. The third kappa shape index (κ3) is 3.12. The first-order valence-electron chi connectivity index (χ1n) is 9.29. The predicted molar refractivity (Wildman–Crippen MR) is 100.0 cm³/mol. The molecule has 2 aliphatic heterocycles. The summed E-state index contributed by atoms with van der Waals surface area (Å²) in [5, 5.41) is 0.696. The highest BCUT2D eigenvalue weighted by atomic mass is 16.5. The molecule has 27 heavy (non-hydrogen) atoms. The van der Waals surface area contributed by atoms with Crippen molar-refractivity contribution in [3.8, 4) is 0 Å². The average Bonchev–Trinajstić information content (AvgIpc) is 2.98. The molecule has 4 rings (SSSR count). The minimum Gasteiger partial charge on any atom is -0.460 e. The van der Waals surface area contributed by atoms with Gasteiger partial charge in [0, 0.05) is 25.1 Å². The summed E-state index contributed by atoms with van der Waals surface area (Å²) in [5.41, 5.74) is 8.67. The molecule has 0 unspecified atom stereocenters. The predicted octanol–water partition coefficient (Wildman–Crippen LogP) is 2.27. The third-order valence-electron chi connectivity index (χ3n) is 5.05. The first kappa shape index (κ1) is 18.1. The minimum absolute atomic E-state index is 0.0185. The van der Waals surface area contributed by atoms with Crippen LogP contribution in [0.25, 0.3) is 11.1 Å². The van der Waals surface area contributed by atoms with Gasteiger partial charge in [-0.1, -0.05) is 0 Å². The van der Waals surface area contributed by atoms with Gasteiger partial charge in [0.15, 0.2) is 0 Å². The van der Waals surface area contributed by atoms with E-state index in [0.717, 1.165) is 30.0 Å². The number of anilines is 2. The van der Waals surface area contributed by atoms with Gasteiger partial charge < -0.3 is 29.3 Å². The van der Waals surface area contributed by atoms with Gasteiger partial charge in [0.25, 0.3) is 0 Å².